The van der Waals surface area contributed by atoms with Crippen LogP contribution in [0.1, 0.15) is 5.56 Å². The monoisotopic (exact) mass is 294 g/mol. The highest BCUT2D eigenvalue weighted by molar-refractivity contribution is 7.99. The number of rotatable bonds is 3. The zero-order chi connectivity index (χ0) is 12.3. The summed E-state index contributed by atoms with van der Waals surface area (Å²) in [6.45, 7) is 0.207. The zero-order valence-electron chi connectivity index (χ0n) is 9.41. The van der Waals surface area contributed by atoms with Crippen molar-refractivity contribution in [3.63, 3.8) is 0 Å². The summed E-state index contributed by atoms with van der Waals surface area (Å²) in [4.78, 5) is 11.6. The van der Waals surface area contributed by atoms with E-state index in [2.05, 4.69) is 10.6 Å². The third kappa shape index (κ3) is 3.83. The van der Waals surface area contributed by atoms with Gasteiger partial charge in [0.1, 0.15) is 0 Å². The second-order valence-electron chi connectivity index (χ2n) is 3.74. The van der Waals surface area contributed by atoms with Gasteiger partial charge >= 0.3 is 0 Å². The van der Waals surface area contributed by atoms with Gasteiger partial charge in [0.25, 0.3) is 0 Å². The average Bonchev–Trinajstić information content (AvgIpc) is 2.84. The summed E-state index contributed by atoms with van der Waals surface area (Å²) in [6, 6.07) is 3.41. The van der Waals surface area contributed by atoms with Gasteiger partial charge in [-0.15, -0.1) is 24.2 Å². The van der Waals surface area contributed by atoms with Gasteiger partial charge in [-0.1, -0.05) is 6.07 Å². The summed E-state index contributed by atoms with van der Waals surface area (Å²) in [5, 5.41) is 5.71. The van der Waals surface area contributed by atoms with E-state index in [1.165, 1.54) is 6.07 Å². The van der Waals surface area contributed by atoms with Crippen molar-refractivity contribution in [1.29, 1.82) is 0 Å². The van der Waals surface area contributed by atoms with Gasteiger partial charge in [0.2, 0.25) is 5.91 Å². The lowest BCUT2D eigenvalue weighted by molar-refractivity contribution is -0.122. The molecule has 0 radical (unpaired) electrons. The fourth-order valence-corrected chi connectivity index (χ4v) is 2.47. The largest absolute Gasteiger partial charge is 0.351 e. The van der Waals surface area contributed by atoms with E-state index in [-0.39, 0.29) is 30.9 Å². The highest BCUT2D eigenvalue weighted by Crippen LogP contribution is 2.11. The Morgan fingerprint density at radius 2 is 2.22 bits per heavy atom. The molecule has 0 aromatic heterocycles. The lowest BCUT2D eigenvalue weighted by Gasteiger charge is -2.10. The standard InChI is InChI=1S/C11H12F2N2OS.ClH/c12-8-2-1-7(3-9(8)13)4-14-11(16)10-5-17-6-15-10;/h1-3,10,15H,4-6H2,(H,14,16);1H. The molecule has 0 spiro atoms. The van der Waals surface area contributed by atoms with E-state index in [0.29, 0.717) is 5.56 Å². The minimum atomic E-state index is -0.897. The summed E-state index contributed by atoms with van der Waals surface area (Å²) in [5.41, 5.74) is 0.544. The van der Waals surface area contributed by atoms with Gasteiger partial charge in [-0.3, -0.25) is 10.1 Å². The van der Waals surface area contributed by atoms with Gasteiger partial charge in [0, 0.05) is 18.2 Å². The molecule has 1 aliphatic heterocycles. The van der Waals surface area contributed by atoms with Crippen molar-refractivity contribution in [2.75, 3.05) is 11.6 Å². The van der Waals surface area contributed by atoms with Gasteiger partial charge in [-0.25, -0.2) is 8.78 Å². The number of nitrogens with one attached hydrogen (secondary N) is 2. The van der Waals surface area contributed by atoms with E-state index in [1.54, 1.807) is 11.8 Å². The first-order valence-electron chi connectivity index (χ1n) is 5.19. The van der Waals surface area contributed by atoms with Crippen LogP contribution in [0.25, 0.3) is 0 Å². The normalized spacial score (nSPS) is 18.2. The summed E-state index contributed by atoms with van der Waals surface area (Å²) in [6.07, 6.45) is 0. The van der Waals surface area contributed by atoms with Gasteiger partial charge < -0.3 is 5.32 Å². The number of halogens is 3. The Morgan fingerprint density at radius 3 is 2.83 bits per heavy atom. The Hall–Kier alpha value is -0.850. The van der Waals surface area contributed by atoms with Crippen molar-refractivity contribution >= 4 is 30.1 Å². The molecule has 1 fully saturated rings. The predicted octanol–water partition coefficient (Wildman–Crippen LogP) is 1.67. The topological polar surface area (TPSA) is 41.1 Å². The molecule has 0 aliphatic carbocycles. The Labute approximate surface area is 114 Å². The van der Waals surface area contributed by atoms with Crippen LogP contribution in [0.5, 0.6) is 0 Å². The maximum Gasteiger partial charge on any atom is 0.238 e. The molecule has 2 N–H and O–H groups in total. The molecule has 1 aromatic carbocycles. The van der Waals surface area contributed by atoms with Gasteiger partial charge in [-0.2, -0.15) is 0 Å². The molecule has 1 amide bonds. The van der Waals surface area contributed by atoms with Gasteiger partial charge in [0.15, 0.2) is 11.6 Å². The number of hydrogen-bond donors (Lipinski definition) is 2. The Morgan fingerprint density at radius 1 is 1.44 bits per heavy atom. The fourth-order valence-electron chi connectivity index (χ4n) is 1.53. The minimum absolute atomic E-state index is 0. The lowest BCUT2D eigenvalue weighted by atomic mass is 10.2. The molecule has 1 aromatic rings. The van der Waals surface area contributed by atoms with E-state index < -0.39 is 11.6 Å². The first-order chi connectivity index (χ1) is 8.16. The van der Waals surface area contributed by atoms with E-state index in [0.717, 1.165) is 23.8 Å². The van der Waals surface area contributed by atoms with Crippen molar-refractivity contribution in [3.05, 3.63) is 35.4 Å². The summed E-state index contributed by atoms with van der Waals surface area (Å²) in [7, 11) is 0. The van der Waals surface area contributed by atoms with Crippen molar-refractivity contribution < 1.29 is 13.6 Å². The summed E-state index contributed by atoms with van der Waals surface area (Å²) in [5.74, 6) is -0.382. The highest BCUT2D eigenvalue weighted by Gasteiger charge is 2.21. The molecule has 7 heteroatoms. The maximum absolute atomic E-state index is 12.9. The Bertz CT molecular complexity index is 428. The first-order valence-corrected chi connectivity index (χ1v) is 6.35. The van der Waals surface area contributed by atoms with Crippen molar-refractivity contribution in [1.82, 2.24) is 10.6 Å². The van der Waals surface area contributed by atoms with Gasteiger partial charge in [0.05, 0.1) is 6.04 Å². The highest BCUT2D eigenvalue weighted by atomic mass is 35.5. The SMILES string of the molecule is Cl.O=C(NCc1ccc(F)c(F)c1)C1CSCN1. The molecule has 0 bridgehead atoms. The van der Waals surface area contributed by atoms with Crippen molar-refractivity contribution in [2.24, 2.45) is 0 Å². The van der Waals surface area contributed by atoms with E-state index in [1.807, 2.05) is 0 Å². The number of amides is 1. The molecular weight excluding hydrogens is 282 g/mol. The minimum Gasteiger partial charge on any atom is -0.351 e. The molecule has 1 atom stereocenters. The molecule has 1 heterocycles. The number of benzene rings is 1. The smallest absolute Gasteiger partial charge is 0.238 e. The molecule has 2 rings (SSSR count). The van der Waals surface area contributed by atoms with Crippen LogP contribution in [0.3, 0.4) is 0 Å². The van der Waals surface area contributed by atoms with Crippen molar-refractivity contribution in [3.8, 4) is 0 Å². The van der Waals surface area contributed by atoms with E-state index in [9.17, 15) is 13.6 Å². The summed E-state index contributed by atoms with van der Waals surface area (Å²) >= 11 is 1.66. The van der Waals surface area contributed by atoms with Crippen molar-refractivity contribution in [2.45, 2.75) is 12.6 Å². The van der Waals surface area contributed by atoms with Gasteiger partial charge in [-0.05, 0) is 17.7 Å². The lowest BCUT2D eigenvalue weighted by Crippen LogP contribution is -2.41. The molecule has 1 saturated heterocycles. The van der Waals surface area contributed by atoms with Crippen LogP contribution in [0.15, 0.2) is 18.2 Å². The molecule has 1 unspecified atom stereocenters. The van der Waals surface area contributed by atoms with E-state index in [4.69, 9.17) is 0 Å². The number of thioether (sulfide) groups is 1. The second-order valence-corrected chi connectivity index (χ2v) is 4.77. The second kappa shape index (κ2) is 6.92. The number of hydrogen-bond acceptors (Lipinski definition) is 3. The Kier molecular flexibility index (Phi) is 5.84. The quantitative estimate of drug-likeness (QED) is 0.891. The Balaban J connectivity index is 0.00000162. The van der Waals surface area contributed by atoms with Crippen LogP contribution in [0.4, 0.5) is 8.78 Å². The van der Waals surface area contributed by atoms with Crippen LogP contribution in [0.2, 0.25) is 0 Å². The van der Waals surface area contributed by atoms with Crippen LogP contribution in [-0.2, 0) is 11.3 Å². The van der Waals surface area contributed by atoms with Crippen LogP contribution in [0, 0.1) is 11.6 Å². The third-order valence-corrected chi connectivity index (χ3v) is 3.42. The fraction of sp³-hybridized carbons (Fsp3) is 0.364. The molecule has 0 saturated carbocycles. The predicted molar refractivity (Wildman–Crippen MR) is 69.7 cm³/mol. The molecular formula is C11H13ClF2N2OS. The first kappa shape index (κ1) is 15.2. The maximum atomic E-state index is 12.9. The molecule has 3 nitrogen and oxygen atoms in total. The third-order valence-electron chi connectivity index (χ3n) is 2.48. The van der Waals surface area contributed by atoms with Crippen LogP contribution in [-0.4, -0.2) is 23.6 Å². The zero-order valence-corrected chi connectivity index (χ0v) is 11.0. The number of carbonyl (C=O) groups excluding carboxylic acids is 1. The molecule has 100 valence electrons. The van der Waals surface area contributed by atoms with Crippen LogP contribution < -0.4 is 10.6 Å². The summed E-state index contributed by atoms with van der Waals surface area (Å²) < 4.78 is 25.6. The molecule has 1 aliphatic rings. The number of carbonyl (C=O) groups is 1. The molecule has 18 heavy (non-hydrogen) atoms. The van der Waals surface area contributed by atoms with E-state index >= 15 is 0 Å². The average molecular weight is 295 g/mol. The van der Waals surface area contributed by atoms with Crippen LogP contribution >= 0.6 is 24.2 Å².